The van der Waals surface area contributed by atoms with E-state index < -0.39 is 0 Å². The van der Waals surface area contributed by atoms with Crippen LogP contribution in [-0.4, -0.2) is 50.7 Å². The fourth-order valence-electron chi connectivity index (χ4n) is 3.64. The molecule has 2 fully saturated rings. The van der Waals surface area contributed by atoms with E-state index in [2.05, 4.69) is 4.90 Å². The Balaban J connectivity index is 1.63. The Morgan fingerprint density at radius 1 is 1.23 bits per heavy atom. The summed E-state index contributed by atoms with van der Waals surface area (Å²) < 4.78 is 18.4. The number of halogens is 1. The second-order valence-corrected chi connectivity index (χ2v) is 6.28. The Morgan fingerprint density at radius 3 is 2.64 bits per heavy atom. The molecule has 22 heavy (non-hydrogen) atoms. The molecule has 2 aliphatic rings. The Bertz CT molecular complexity index is 541. The van der Waals surface area contributed by atoms with Crippen LogP contribution in [0, 0.1) is 11.2 Å². The van der Waals surface area contributed by atoms with E-state index in [4.69, 9.17) is 4.74 Å². The van der Waals surface area contributed by atoms with Gasteiger partial charge in [-0.15, -0.1) is 0 Å². The van der Waals surface area contributed by atoms with E-state index >= 15 is 0 Å². The molecule has 0 radical (unpaired) electrons. The molecule has 1 amide bonds. The lowest BCUT2D eigenvalue weighted by atomic mass is 9.77. The topological polar surface area (TPSA) is 32.8 Å². The first-order valence-corrected chi connectivity index (χ1v) is 7.93. The first kappa shape index (κ1) is 15.3. The summed E-state index contributed by atoms with van der Waals surface area (Å²) in [7, 11) is 1.66. The summed E-state index contributed by atoms with van der Waals surface area (Å²) in [5.41, 5.74) is 0.717. The Kier molecular flexibility index (Phi) is 4.34. The number of ether oxygens (including phenoxy) is 1. The zero-order valence-corrected chi connectivity index (χ0v) is 13.1. The van der Waals surface area contributed by atoms with E-state index in [9.17, 15) is 9.18 Å². The highest BCUT2D eigenvalue weighted by Gasteiger charge is 2.47. The van der Waals surface area contributed by atoms with Gasteiger partial charge >= 0.3 is 0 Å². The summed E-state index contributed by atoms with van der Waals surface area (Å²) in [6.07, 6.45) is 2.64. The average molecular weight is 306 g/mol. The maximum atomic E-state index is 13.3. The Hall–Kier alpha value is -1.62. The summed E-state index contributed by atoms with van der Waals surface area (Å²) >= 11 is 0. The van der Waals surface area contributed by atoms with E-state index in [-0.39, 0.29) is 17.1 Å². The van der Waals surface area contributed by atoms with Gasteiger partial charge in [0, 0.05) is 39.0 Å². The van der Waals surface area contributed by atoms with Crippen molar-refractivity contribution in [3.63, 3.8) is 0 Å². The fourth-order valence-corrected chi connectivity index (χ4v) is 3.64. The van der Waals surface area contributed by atoms with Crippen LogP contribution in [0.1, 0.15) is 19.3 Å². The molecule has 3 rings (SSSR count). The summed E-state index contributed by atoms with van der Waals surface area (Å²) in [6, 6.07) is 6.70. The van der Waals surface area contributed by atoms with E-state index in [1.165, 1.54) is 6.07 Å². The largest absolute Gasteiger partial charge is 0.383 e. The number of methoxy groups -OCH3 is 1. The minimum absolute atomic E-state index is 0.197. The molecule has 2 aliphatic heterocycles. The fraction of sp³-hybridized carbons (Fsp3) is 0.588. The van der Waals surface area contributed by atoms with Gasteiger partial charge < -0.3 is 14.5 Å². The number of hydrogen-bond acceptors (Lipinski definition) is 3. The molecule has 1 spiro atoms. The van der Waals surface area contributed by atoms with Crippen molar-refractivity contribution >= 4 is 11.6 Å². The van der Waals surface area contributed by atoms with E-state index in [0.717, 1.165) is 44.6 Å². The lowest BCUT2D eigenvalue weighted by Gasteiger charge is -2.39. The van der Waals surface area contributed by atoms with Gasteiger partial charge in [0.05, 0.1) is 12.0 Å². The van der Waals surface area contributed by atoms with Crippen LogP contribution < -0.4 is 4.90 Å². The van der Waals surface area contributed by atoms with E-state index in [0.29, 0.717) is 13.2 Å². The Morgan fingerprint density at radius 2 is 1.95 bits per heavy atom. The second-order valence-electron chi connectivity index (χ2n) is 6.28. The van der Waals surface area contributed by atoms with Gasteiger partial charge in [-0.05, 0) is 37.5 Å². The molecule has 0 aromatic heterocycles. The van der Waals surface area contributed by atoms with Crippen molar-refractivity contribution in [1.82, 2.24) is 4.90 Å². The molecule has 2 saturated heterocycles. The van der Waals surface area contributed by atoms with Crippen LogP contribution in [-0.2, 0) is 9.53 Å². The third-order valence-corrected chi connectivity index (χ3v) is 5.06. The number of carbonyl (C=O) groups excluding carboxylic acids is 1. The van der Waals surface area contributed by atoms with E-state index in [1.54, 1.807) is 19.2 Å². The third kappa shape index (κ3) is 2.82. The Labute approximate surface area is 130 Å². The molecule has 4 nitrogen and oxygen atoms in total. The van der Waals surface area contributed by atoms with Gasteiger partial charge in [-0.1, -0.05) is 6.07 Å². The molecule has 5 heteroatoms. The number of anilines is 1. The lowest BCUT2D eigenvalue weighted by Crippen LogP contribution is -2.45. The summed E-state index contributed by atoms with van der Waals surface area (Å²) in [4.78, 5) is 16.8. The summed E-state index contributed by atoms with van der Waals surface area (Å²) in [5, 5.41) is 0. The normalized spacial score (nSPS) is 20.9. The SMILES string of the molecule is COCCN1CCC2(CCN(c3cccc(F)c3)CC2)C1=O. The van der Waals surface area contributed by atoms with Crippen molar-refractivity contribution in [2.45, 2.75) is 19.3 Å². The third-order valence-electron chi connectivity index (χ3n) is 5.06. The lowest BCUT2D eigenvalue weighted by molar-refractivity contribution is -0.137. The smallest absolute Gasteiger partial charge is 0.229 e. The van der Waals surface area contributed by atoms with Gasteiger partial charge in [0.25, 0.3) is 0 Å². The monoisotopic (exact) mass is 306 g/mol. The van der Waals surface area contributed by atoms with Gasteiger partial charge in [-0.3, -0.25) is 4.79 Å². The molecule has 0 saturated carbocycles. The number of likely N-dealkylation sites (tertiary alicyclic amines) is 1. The predicted octanol–water partition coefficient (Wildman–Crippen LogP) is 2.29. The minimum atomic E-state index is -0.208. The molecule has 1 aromatic carbocycles. The molecule has 0 atom stereocenters. The van der Waals surface area contributed by atoms with Crippen LogP contribution in [0.2, 0.25) is 0 Å². The van der Waals surface area contributed by atoms with Crippen LogP contribution in [0.5, 0.6) is 0 Å². The molecule has 0 bridgehead atoms. The minimum Gasteiger partial charge on any atom is -0.383 e. The first-order valence-electron chi connectivity index (χ1n) is 7.93. The number of rotatable bonds is 4. The number of nitrogens with zero attached hydrogens (tertiary/aromatic N) is 2. The zero-order chi connectivity index (χ0) is 15.6. The first-order chi connectivity index (χ1) is 10.6. The summed E-state index contributed by atoms with van der Waals surface area (Å²) in [6.45, 7) is 3.74. The maximum Gasteiger partial charge on any atom is 0.229 e. The maximum absolute atomic E-state index is 13.3. The van der Waals surface area contributed by atoms with Crippen LogP contribution in [0.25, 0.3) is 0 Å². The van der Waals surface area contributed by atoms with Crippen LogP contribution in [0.4, 0.5) is 10.1 Å². The van der Waals surface area contributed by atoms with Crippen molar-refractivity contribution in [2.75, 3.05) is 44.8 Å². The van der Waals surface area contributed by atoms with Gasteiger partial charge in [-0.25, -0.2) is 4.39 Å². The number of piperidine rings is 1. The molecular formula is C17H23FN2O2. The van der Waals surface area contributed by atoms with Gasteiger partial charge in [0.2, 0.25) is 5.91 Å². The quantitative estimate of drug-likeness (QED) is 0.855. The zero-order valence-electron chi connectivity index (χ0n) is 13.1. The number of carbonyl (C=O) groups is 1. The summed E-state index contributed by atoms with van der Waals surface area (Å²) in [5.74, 6) is 0.0731. The van der Waals surface area contributed by atoms with Gasteiger partial charge in [0.1, 0.15) is 5.82 Å². The molecular weight excluding hydrogens is 283 g/mol. The van der Waals surface area contributed by atoms with Crippen LogP contribution in [0.15, 0.2) is 24.3 Å². The van der Waals surface area contributed by atoms with Crippen molar-refractivity contribution in [2.24, 2.45) is 5.41 Å². The van der Waals surface area contributed by atoms with E-state index in [1.807, 2.05) is 11.0 Å². The predicted molar refractivity (Wildman–Crippen MR) is 83.4 cm³/mol. The number of hydrogen-bond donors (Lipinski definition) is 0. The molecule has 0 unspecified atom stereocenters. The van der Waals surface area contributed by atoms with Gasteiger partial charge in [0.15, 0.2) is 0 Å². The van der Waals surface area contributed by atoms with Crippen molar-refractivity contribution in [1.29, 1.82) is 0 Å². The second kappa shape index (κ2) is 6.24. The average Bonchev–Trinajstić information content (AvgIpc) is 2.83. The molecule has 1 aromatic rings. The number of benzene rings is 1. The molecule has 2 heterocycles. The highest BCUT2D eigenvalue weighted by molar-refractivity contribution is 5.85. The van der Waals surface area contributed by atoms with Crippen molar-refractivity contribution in [3.05, 3.63) is 30.1 Å². The highest BCUT2D eigenvalue weighted by Crippen LogP contribution is 2.42. The highest BCUT2D eigenvalue weighted by atomic mass is 19.1. The van der Waals surface area contributed by atoms with Crippen LogP contribution in [0.3, 0.4) is 0 Å². The number of amides is 1. The molecule has 0 N–H and O–H groups in total. The van der Waals surface area contributed by atoms with Gasteiger partial charge in [-0.2, -0.15) is 0 Å². The molecule has 0 aliphatic carbocycles. The van der Waals surface area contributed by atoms with Crippen molar-refractivity contribution in [3.8, 4) is 0 Å². The molecule has 120 valence electrons. The van der Waals surface area contributed by atoms with Crippen molar-refractivity contribution < 1.29 is 13.9 Å². The standard InChI is InChI=1S/C17H23FN2O2/c1-22-12-11-20-10-7-17(16(20)21)5-8-19(9-6-17)15-4-2-3-14(18)13-15/h2-4,13H,5-12H2,1H3. The van der Waals surface area contributed by atoms with Crippen LogP contribution >= 0.6 is 0 Å².